The maximum atomic E-state index is 10.1. The second-order valence-electron chi connectivity index (χ2n) is 6.79. The summed E-state index contributed by atoms with van der Waals surface area (Å²) in [5.74, 6) is -0.566. The van der Waals surface area contributed by atoms with E-state index in [1.807, 2.05) is 45.9 Å². The SMILES string of the molecule is CCOC(CCCCCCCC(OCC)(OCC)OCC)c1ccccc1O. The van der Waals surface area contributed by atoms with E-state index < -0.39 is 5.97 Å². The van der Waals surface area contributed by atoms with Crippen molar-refractivity contribution in [3.05, 3.63) is 29.8 Å². The van der Waals surface area contributed by atoms with Gasteiger partial charge in [0.2, 0.25) is 0 Å². The molecule has 0 fully saturated rings. The Morgan fingerprint density at radius 3 is 1.93 bits per heavy atom. The molecule has 0 radical (unpaired) electrons. The average Bonchev–Trinajstić information content (AvgIpc) is 2.67. The standard InChI is InChI=1S/C23H40O5/c1-5-25-22(20-16-13-14-17-21(20)24)18-12-10-9-11-15-19-23(26-6-2,27-7-3)28-8-4/h13-14,16-17,22,24H,5-12,15,18-19H2,1-4H3. The number of unbranched alkanes of at least 4 members (excludes halogenated alkanes) is 4. The lowest BCUT2D eigenvalue weighted by molar-refractivity contribution is -0.380. The number of hydrogen-bond donors (Lipinski definition) is 1. The number of phenols is 1. The molecular formula is C23H40O5. The molecule has 0 spiro atoms. The highest BCUT2D eigenvalue weighted by Gasteiger charge is 2.31. The predicted octanol–water partition coefficient (Wildman–Crippen LogP) is 5.96. The van der Waals surface area contributed by atoms with Crippen LogP contribution < -0.4 is 0 Å². The minimum atomic E-state index is -0.886. The smallest absolute Gasteiger partial charge is 0.282 e. The lowest BCUT2D eigenvalue weighted by Crippen LogP contribution is -2.39. The summed E-state index contributed by atoms with van der Waals surface area (Å²) < 4.78 is 23.2. The molecule has 5 heteroatoms. The first-order valence-electron chi connectivity index (χ1n) is 10.9. The first-order chi connectivity index (χ1) is 13.6. The normalized spacial score (nSPS) is 13.0. The summed E-state index contributed by atoms with van der Waals surface area (Å²) in [7, 11) is 0. The predicted molar refractivity (Wildman–Crippen MR) is 112 cm³/mol. The zero-order valence-electron chi connectivity index (χ0n) is 18.2. The molecule has 0 amide bonds. The maximum Gasteiger partial charge on any atom is 0.282 e. The summed E-state index contributed by atoms with van der Waals surface area (Å²) in [6, 6.07) is 7.46. The van der Waals surface area contributed by atoms with Crippen LogP contribution in [0.2, 0.25) is 0 Å². The second kappa shape index (κ2) is 14.8. The molecule has 162 valence electrons. The Kier molecular flexibility index (Phi) is 13.2. The van der Waals surface area contributed by atoms with Crippen molar-refractivity contribution in [2.45, 2.75) is 84.7 Å². The molecule has 1 atom stereocenters. The zero-order valence-corrected chi connectivity index (χ0v) is 18.2. The van der Waals surface area contributed by atoms with E-state index in [1.54, 1.807) is 6.07 Å². The van der Waals surface area contributed by atoms with Crippen molar-refractivity contribution in [2.24, 2.45) is 0 Å². The van der Waals surface area contributed by atoms with Gasteiger partial charge in [-0.2, -0.15) is 0 Å². The largest absolute Gasteiger partial charge is 0.508 e. The van der Waals surface area contributed by atoms with Crippen molar-refractivity contribution in [2.75, 3.05) is 26.4 Å². The summed E-state index contributed by atoms with van der Waals surface area (Å²) in [5.41, 5.74) is 0.888. The van der Waals surface area contributed by atoms with Crippen molar-refractivity contribution in [3.8, 4) is 5.75 Å². The van der Waals surface area contributed by atoms with E-state index in [9.17, 15) is 5.11 Å². The van der Waals surface area contributed by atoms with Crippen LogP contribution in [0.5, 0.6) is 5.75 Å². The molecule has 0 aliphatic carbocycles. The molecule has 1 rings (SSSR count). The monoisotopic (exact) mass is 396 g/mol. The number of ether oxygens (including phenoxy) is 4. The van der Waals surface area contributed by atoms with Crippen LogP contribution in [0.1, 0.15) is 84.3 Å². The van der Waals surface area contributed by atoms with E-state index >= 15 is 0 Å². The molecule has 0 bridgehead atoms. The lowest BCUT2D eigenvalue weighted by atomic mass is 10.0. The number of benzene rings is 1. The van der Waals surface area contributed by atoms with Crippen LogP contribution in [-0.4, -0.2) is 37.5 Å². The molecule has 0 saturated carbocycles. The topological polar surface area (TPSA) is 57.2 Å². The quantitative estimate of drug-likeness (QED) is 0.260. The van der Waals surface area contributed by atoms with Gasteiger partial charge in [-0.3, -0.25) is 0 Å². The molecule has 1 unspecified atom stereocenters. The Hall–Kier alpha value is -1.14. The van der Waals surface area contributed by atoms with Gasteiger partial charge in [0.1, 0.15) is 5.75 Å². The minimum absolute atomic E-state index is 0.0345. The summed E-state index contributed by atoms with van der Waals surface area (Å²) in [6.07, 6.45) is 7.13. The van der Waals surface area contributed by atoms with Gasteiger partial charge in [-0.05, 0) is 46.6 Å². The molecule has 0 aromatic heterocycles. The van der Waals surface area contributed by atoms with Gasteiger partial charge in [0.05, 0.1) is 6.10 Å². The van der Waals surface area contributed by atoms with E-state index in [1.165, 1.54) is 0 Å². The fourth-order valence-corrected chi connectivity index (χ4v) is 3.49. The van der Waals surface area contributed by atoms with Crippen LogP contribution in [0.4, 0.5) is 0 Å². The third kappa shape index (κ3) is 8.91. The Morgan fingerprint density at radius 1 is 0.786 bits per heavy atom. The van der Waals surface area contributed by atoms with Gasteiger partial charge in [0.25, 0.3) is 5.97 Å². The molecule has 0 saturated heterocycles. The van der Waals surface area contributed by atoms with Gasteiger partial charge in [-0.15, -0.1) is 0 Å². The van der Waals surface area contributed by atoms with Gasteiger partial charge in [0.15, 0.2) is 0 Å². The maximum absolute atomic E-state index is 10.1. The number of hydrogen-bond acceptors (Lipinski definition) is 5. The molecule has 1 N–H and O–H groups in total. The highest BCUT2D eigenvalue weighted by molar-refractivity contribution is 5.33. The Labute approximate surface area is 171 Å². The second-order valence-corrected chi connectivity index (χ2v) is 6.79. The van der Waals surface area contributed by atoms with Crippen molar-refractivity contribution in [3.63, 3.8) is 0 Å². The van der Waals surface area contributed by atoms with Crippen molar-refractivity contribution >= 4 is 0 Å². The van der Waals surface area contributed by atoms with Gasteiger partial charge in [-0.1, -0.05) is 43.9 Å². The van der Waals surface area contributed by atoms with Crippen molar-refractivity contribution in [1.29, 1.82) is 0 Å². The molecule has 1 aromatic carbocycles. The zero-order chi connectivity index (χ0) is 20.7. The van der Waals surface area contributed by atoms with E-state index in [0.29, 0.717) is 32.2 Å². The third-order valence-corrected chi connectivity index (χ3v) is 4.69. The molecule has 28 heavy (non-hydrogen) atoms. The summed E-state index contributed by atoms with van der Waals surface area (Å²) in [5, 5.41) is 10.1. The van der Waals surface area contributed by atoms with E-state index in [2.05, 4.69) is 0 Å². The van der Waals surface area contributed by atoms with Crippen LogP contribution in [0.25, 0.3) is 0 Å². The Bertz CT molecular complexity index is 489. The molecule has 1 aromatic rings. The highest BCUT2D eigenvalue weighted by atomic mass is 16.9. The van der Waals surface area contributed by atoms with Crippen molar-refractivity contribution < 1.29 is 24.1 Å². The highest BCUT2D eigenvalue weighted by Crippen LogP contribution is 2.31. The first kappa shape index (κ1) is 24.9. The molecule has 5 nitrogen and oxygen atoms in total. The van der Waals surface area contributed by atoms with Gasteiger partial charge in [-0.25, -0.2) is 0 Å². The first-order valence-corrected chi connectivity index (χ1v) is 10.9. The average molecular weight is 397 g/mol. The van der Waals surface area contributed by atoms with Crippen LogP contribution in [-0.2, 0) is 18.9 Å². The molecule has 0 aliphatic heterocycles. The number of phenolic OH excluding ortho intramolecular Hbond substituents is 1. The summed E-state index contributed by atoms with van der Waals surface area (Å²) in [4.78, 5) is 0. The van der Waals surface area contributed by atoms with Crippen LogP contribution in [0.3, 0.4) is 0 Å². The fourth-order valence-electron chi connectivity index (χ4n) is 3.49. The summed E-state index contributed by atoms with van der Waals surface area (Å²) in [6.45, 7) is 10.3. The van der Waals surface area contributed by atoms with Crippen molar-refractivity contribution in [1.82, 2.24) is 0 Å². The molecular weight excluding hydrogens is 356 g/mol. The van der Waals surface area contributed by atoms with E-state index in [0.717, 1.165) is 50.5 Å². The Morgan fingerprint density at radius 2 is 1.36 bits per heavy atom. The van der Waals surface area contributed by atoms with E-state index in [-0.39, 0.29) is 6.10 Å². The van der Waals surface area contributed by atoms with E-state index in [4.69, 9.17) is 18.9 Å². The molecule has 0 heterocycles. The molecule has 0 aliphatic rings. The lowest BCUT2D eigenvalue weighted by Gasteiger charge is -2.32. The van der Waals surface area contributed by atoms with Gasteiger partial charge < -0.3 is 24.1 Å². The number of aromatic hydroxyl groups is 1. The Balaban J connectivity index is 2.34. The third-order valence-electron chi connectivity index (χ3n) is 4.69. The number of rotatable bonds is 17. The number of para-hydroxylation sites is 1. The van der Waals surface area contributed by atoms with Crippen LogP contribution in [0.15, 0.2) is 24.3 Å². The van der Waals surface area contributed by atoms with Crippen LogP contribution >= 0.6 is 0 Å². The van der Waals surface area contributed by atoms with Crippen LogP contribution in [0, 0.1) is 0 Å². The van der Waals surface area contributed by atoms with Gasteiger partial charge >= 0.3 is 0 Å². The summed E-state index contributed by atoms with van der Waals surface area (Å²) >= 11 is 0. The fraction of sp³-hybridized carbons (Fsp3) is 0.739. The minimum Gasteiger partial charge on any atom is -0.508 e. The van der Waals surface area contributed by atoms with Gasteiger partial charge in [0, 0.05) is 38.4 Å².